The number of carbonyl (C=O) groups is 1. The number of hydrogen-bond donors (Lipinski definition) is 2. The lowest BCUT2D eigenvalue weighted by molar-refractivity contribution is -0.124. The van der Waals surface area contributed by atoms with E-state index in [0.29, 0.717) is 18.4 Å². The molecule has 3 N–H and O–H groups in total. The molecule has 1 heterocycles. The van der Waals surface area contributed by atoms with E-state index in [0.717, 1.165) is 24.2 Å². The SMILES string of the molecule is NC1COc2cc(OCC(=O)NC3CCCCC3)ccc21. The van der Waals surface area contributed by atoms with Crippen LogP contribution in [-0.4, -0.2) is 25.2 Å². The summed E-state index contributed by atoms with van der Waals surface area (Å²) in [7, 11) is 0. The van der Waals surface area contributed by atoms with Gasteiger partial charge in [0.1, 0.15) is 18.1 Å². The van der Waals surface area contributed by atoms with Crippen LogP contribution >= 0.6 is 0 Å². The fourth-order valence-corrected chi connectivity index (χ4v) is 2.97. The van der Waals surface area contributed by atoms with Crippen LogP contribution in [0.15, 0.2) is 18.2 Å². The molecule has 1 fully saturated rings. The highest BCUT2D eigenvalue weighted by Gasteiger charge is 2.21. The maximum atomic E-state index is 11.9. The van der Waals surface area contributed by atoms with E-state index < -0.39 is 0 Å². The molecule has 5 heteroatoms. The summed E-state index contributed by atoms with van der Waals surface area (Å²) in [5.74, 6) is 1.34. The van der Waals surface area contributed by atoms with Crippen molar-refractivity contribution in [1.82, 2.24) is 5.32 Å². The molecule has 0 spiro atoms. The second-order valence-electron chi connectivity index (χ2n) is 5.81. The molecule has 1 saturated carbocycles. The van der Waals surface area contributed by atoms with Crippen LogP contribution in [0, 0.1) is 0 Å². The Morgan fingerprint density at radius 1 is 1.33 bits per heavy atom. The van der Waals surface area contributed by atoms with Gasteiger partial charge in [-0.1, -0.05) is 19.3 Å². The van der Waals surface area contributed by atoms with Crippen molar-refractivity contribution in [2.75, 3.05) is 13.2 Å². The third-order valence-electron chi connectivity index (χ3n) is 4.14. The lowest BCUT2D eigenvalue weighted by Crippen LogP contribution is -2.38. The second-order valence-corrected chi connectivity index (χ2v) is 5.81. The molecule has 1 aliphatic heterocycles. The molecule has 1 aromatic carbocycles. The molecule has 0 aromatic heterocycles. The molecule has 1 unspecified atom stereocenters. The van der Waals surface area contributed by atoms with E-state index in [1.54, 1.807) is 6.07 Å². The molecule has 0 bridgehead atoms. The first-order chi connectivity index (χ1) is 10.2. The van der Waals surface area contributed by atoms with Crippen molar-refractivity contribution >= 4 is 5.91 Å². The number of fused-ring (bicyclic) bond motifs is 1. The molecular formula is C16H22N2O3. The van der Waals surface area contributed by atoms with Gasteiger partial charge in [0.15, 0.2) is 6.61 Å². The maximum absolute atomic E-state index is 11.9. The van der Waals surface area contributed by atoms with Gasteiger partial charge in [0.05, 0.1) is 6.04 Å². The van der Waals surface area contributed by atoms with Crippen molar-refractivity contribution in [3.8, 4) is 11.5 Å². The Morgan fingerprint density at radius 2 is 2.14 bits per heavy atom. The minimum Gasteiger partial charge on any atom is -0.491 e. The van der Waals surface area contributed by atoms with E-state index in [1.807, 2.05) is 12.1 Å². The van der Waals surface area contributed by atoms with Crippen molar-refractivity contribution in [2.24, 2.45) is 5.73 Å². The molecule has 114 valence electrons. The predicted molar refractivity (Wildman–Crippen MR) is 79.4 cm³/mol. The number of amides is 1. The zero-order chi connectivity index (χ0) is 14.7. The van der Waals surface area contributed by atoms with Gasteiger partial charge in [-0.15, -0.1) is 0 Å². The minimum atomic E-state index is -0.0661. The first-order valence-electron chi connectivity index (χ1n) is 7.67. The summed E-state index contributed by atoms with van der Waals surface area (Å²) in [6.45, 7) is 0.544. The van der Waals surface area contributed by atoms with Crippen LogP contribution in [0.5, 0.6) is 11.5 Å². The first kappa shape index (κ1) is 14.2. The van der Waals surface area contributed by atoms with E-state index in [9.17, 15) is 4.79 Å². The summed E-state index contributed by atoms with van der Waals surface area (Å²) < 4.78 is 11.0. The Bertz CT molecular complexity index is 512. The molecule has 1 aliphatic carbocycles. The number of nitrogens with two attached hydrogens (primary N) is 1. The Hall–Kier alpha value is -1.75. The minimum absolute atomic E-state index is 0.0430. The highest BCUT2D eigenvalue weighted by Crippen LogP contribution is 2.33. The van der Waals surface area contributed by atoms with Crippen molar-refractivity contribution in [3.05, 3.63) is 23.8 Å². The predicted octanol–water partition coefficient (Wildman–Crippen LogP) is 1.91. The number of benzene rings is 1. The summed E-state index contributed by atoms with van der Waals surface area (Å²) >= 11 is 0. The van der Waals surface area contributed by atoms with Gasteiger partial charge in [0.25, 0.3) is 5.91 Å². The Balaban J connectivity index is 1.49. The van der Waals surface area contributed by atoms with Crippen molar-refractivity contribution in [1.29, 1.82) is 0 Å². The topological polar surface area (TPSA) is 73.6 Å². The molecule has 5 nitrogen and oxygen atoms in total. The highest BCUT2D eigenvalue weighted by atomic mass is 16.5. The zero-order valence-electron chi connectivity index (χ0n) is 12.1. The average Bonchev–Trinajstić information content (AvgIpc) is 2.87. The molecule has 1 atom stereocenters. The van der Waals surface area contributed by atoms with E-state index >= 15 is 0 Å². The normalized spacial score (nSPS) is 21.5. The molecular weight excluding hydrogens is 268 g/mol. The van der Waals surface area contributed by atoms with Gasteiger partial charge in [0, 0.05) is 17.7 Å². The Morgan fingerprint density at radius 3 is 2.95 bits per heavy atom. The van der Waals surface area contributed by atoms with Crippen LogP contribution in [-0.2, 0) is 4.79 Å². The van der Waals surface area contributed by atoms with Crippen molar-refractivity contribution in [3.63, 3.8) is 0 Å². The van der Waals surface area contributed by atoms with Crippen molar-refractivity contribution < 1.29 is 14.3 Å². The number of carbonyl (C=O) groups excluding carboxylic acids is 1. The van der Waals surface area contributed by atoms with Gasteiger partial charge in [-0.05, 0) is 25.0 Å². The largest absolute Gasteiger partial charge is 0.491 e. The van der Waals surface area contributed by atoms with Gasteiger partial charge >= 0.3 is 0 Å². The third-order valence-corrected chi connectivity index (χ3v) is 4.14. The van der Waals surface area contributed by atoms with E-state index in [2.05, 4.69) is 5.32 Å². The molecule has 2 aliphatic rings. The van der Waals surface area contributed by atoms with Gasteiger partial charge in [-0.25, -0.2) is 0 Å². The van der Waals surface area contributed by atoms with Crippen LogP contribution in [0.3, 0.4) is 0 Å². The molecule has 1 aromatic rings. The second kappa shape index (κ2) is 6.35. The summed E-state index contributed by atoms with van der Waals surface area (Å²) in [6, 6.07) is 5.79. The molecule has 1 amide bonds. The highest BCUT2D eigenvalue weighted by molar-refractivity contribution is 5.77. The molecule has 0 saturated heterocycles. The van der Waals surface area contributed by atoms with E-state index in [4.69, 9.17) is 15.2 Å². The van der Waals surface area contributed by atoms with Gasteiger partial charge < -0.3 is 20.5 Å². The molecule has 0 radical (unpaired) electrons. The van der Waals surface area contributed by atoms with Gasteiger partial charge in [-0.2, -0.15) is 0 Å². The summed E-state index contributed by atoms with van der Waals surface area (Å²) in [5.41, 5.74) is 6.89. The van der Waals surface area contributed by atoms with Crippen LogP contribution in [0.25, 0.3) is 0 Å². The standard InChI is InChI=1S/C16H22N2O3/c17-14-9-21-15-8-12(6-7-13(14)15)20-10-16(19)18-11-4-2-1-3-5-11/h6-8,11,14H,1-5,9-10,17H2,(H,18,19). The van der Waals surface area contributed by atoms with Crippen LogP contribution in [0.4, 0.5) is 0 Å². The third kappa shape index (κ3) is 3.47. The zero-order valence-corrected chi connectivity index (χ0v) is 12.1. The lowest BCUT2D eigenvalue weighted by atomic mass is 9.95. The number of nitrogens with one attached hydrogen (secondary N) is 1. The Kier molecular flexibility index (Phi) is 4.29. The monoisotopic (exact) mass is 290 g/mol. The summed E-state index contributed by atoms with van der Waals surface area (Å²) in [6.07, 6.45) is 5.84. The Labute approximate surface area is 124 Å². The average molecular weight is 290 g/mol. The molecule has 3 rings (SSSR count). The van der Waals surface area contributed by atoms with Crippen molar-refractivity contribution in [2.45, 2.75) is 44.2 Å². The maximum Gasteiger partial charge on any atom is 0.258 e. The van der Waals surface area contributed by atoms with E-state index in [1.165, 1.54) is 19.3 Å². The lowest BCUT2D eigenvalue weighted by Gasteiger charge is -2.22. The van der Waals surface area contributed by atoms with E-state index in [-0.39, 0.29) is 18.6 Å². The quantitative estimate of drug-likeness (QED) is 0.888. The first-order valence-corrected chi connectivity index (χ1v) is 7.67. The number of ether oxygens (including phenoxy) is 2. The van der Waals surface area contributed by atoms with Gasteiger partial charge in [-0.3, -0.25) is 4.79 Å². The van der Waals surface area contributed by atoms with Crippen LogP contribution in [0.1, 0.15) is 43.7 Å². The summed E-state index contributed by atoms with van der Waals surface area (Å²) in [4.78, 5) is 11.9. The smallest absolute Gasteiger partial charge is 0.258 e. The van der Waals surface area contributed by atoms with Crippen LogP contribution < -0.4 is 20.5 Å². The van der Waals surface area contributed by atoms with Crippen LogP contribution in [0.2, 0.25) is 0 Å². The fourth-order valence-electron chi connectivity index (χ4n) is 2.97. The fraction of sp³-hybridized carbons (Fsp3) is 0.562. The van der Waals surface area contributed by atoms with Gasteiger partial charge in [0.2, 0.25) is 0 Å². The number of rotatable bonds is 4. The number of hydrogen-bond acceptors (Lipinski definition) is 4. The molecule has 21 heavy (non-hydrogen) atoms. The summed E-state index contributed by atoms with van der Waals surface area (Å²) in [5, 5.41) is 3.03.